The number of aromatic amines is 1. The Balaban J connectivity index is 2.33. The average molecular weight is 379 g/mol. The molecule has 0 radical (unpaired) electrons. The van der Waals surface area contributed by atoms with Crippen LogP contribution in [0.2, 0.25) is 5.02 Å². The molecule has 3 aromatic rings. The van der Waals surface area contributed by atoms with E-state index in [0.717, 1.165) is 25.7 Å². The van der Waals surface area contributed by atoms with Crippen LogP contribution >= 0.6 is 34.2 Å². The third kappa shape index (κ3) is 2.22. The van der Waals surface area contributed by atoms with Gasteiger partial charge in [0, 0.05) is 25.1 Å². The Morgan fingerprint density at radius 1 is 1.16 bits per heavy atom. The van der Waals surface area contributed by atoms with Crippen LogP contribution in [0, 0.1) is 14.9 Å². The summed E-state index contributed by atoms with van der Waals surface area (Å²) in [6.45, 7) is 0. The number of hydrogen-bond acceptors (Lipinski definition) is 1. The van der Waals surface area contributed by atoms with Crippen molar-refractivity contribution in [1.29, 1.82) is 5.26 Å². The van der Waals surface area contributed by atoms with Crippen LogP contribution in [-0.4, -0.2) is 4.98 Å². The number of H-pyrrole nitrogens is 1. The van der Waals surface area contributed by atoms with Crippen molar-refractivity contribution in [2.75, 3.05) is 0 Å². The van der Waals surface area contributed by atoms with Crippen molar-refractivity contribution in [2.45, 2.75) is 0 Å². The number of nitrogens with zero attached hydrogens (tertiary/aromatic N) is 1. The van der Waals surface area contributed by atoms with E-state index in [9.17, 15) is 5.26 Å². The van der Waals surface area contributed by atoms with Crippen molar-refractivity contribution < 1.29 is 0 Å². The van der Waals surface area contributed by atoms with Gasteiger partial charge in [-0.2, -0.15) is 5.26 Å². The van der Waals surface area contributed by atoms with E-state index in [1.54, 1.807) is 0 Å². The minimum atomic E-state index is 0.636. The molecule has 92 valence electrons. The van der Waals surface area contributed by atoms with E-state index >= 15 is 0 Å². The molecular formula is C15H8ClIN2. The molecular weight excluding hydrogens is 371 g/mol. The smallest absolute Gasteiger partial charge is 0.102 e. The average Bonchev–Trinajstić information content (AvgIpc) is 2.76. The van der Waals surface area contributed by atoms with Crippen LogP contribution in [0.5, 0.6) is 0 Å². The van der Waals surface area contributed by atoms with Gasteiger partial charge in [-0.3, -0.25) is 0 Å². The predicted molar refractivity (Wildman–Crippen MR) is 86.2 cm³/mol. The minimum absolute atomic E-state index is 0.636. The first-order valence-corrected chi connectivity index (χ1v) is 7.12. The molecule has 0 saturated carbocycles. The molecule has 2 nitrogen and oxygen atoms in total. The number of aromatic nitrogens is 1. The summed E-state index contributed by atoms with van der Waals surface area (Å²) < 4.78 is 1.13. The predicted octanol–water partition coefficient (Wildman–Crippen LogP) is 4.96. The fraction of sp³-hybridized carbons (Fsp3) is 0. The molecule has 0 fully saturated rings. The lowest BCUT2D eigenvalue weighted by atomic mass is 10.1. The van der Waals surface area contributed by atoms with Crippen LogP contribution in [0.4, 0.5) is 0 Å². The minimum Gasteiger partial charge on any atom is -0.353 e. The van der Waals surface area contributed by atoms with E-state index < -0.39 is 0 Å². The molecule has 0 atom stereocenters. The molecule has 1 aromatic heterocycles. The molecule has 0 aliphatic heterocycles. The molecule has 0 amide bonds. The van der Waals surface area contributed by atoms with Crippen LogP contribution in [0.25, 0.3) is 22.2 Å². The van der Waals surface area contributed by atoms with Gasteiger partial charge in [-0.05, 0) is 52.9 Å². The Kier molecular flexibility index (Phi) is 3.21. The molecule has 0 spiro atoms. The number of nitriles is 1. The van der Waals surface area contributed by atoms with Gasteiger partial charge in [-0.15, -0.1) is 0 Å². The highest BCUT2D eigenvalue weighted by Crippen LogP contribution is 2.31. The number of rotatable bonds is 1. The van der Waals surface area contributed by atoms with Gasteiger partial charge in [-0.25, -0.2) is 0 Å². The molecule has 4 heteroatoms. The maximum atomic E-state index is 9.41. The SMILES string of the molecule is N#Cc1c(-c2cccc(I)c2)[nH]c2ccc(Cl)cc12. The van der Waals surface area contributed by atoms with Gasteiger partial charge in [0.2, 0.25) is 0 Å². The highest BCUT2D eigenvalue weighted by Gasteiger charge is 2.13. The van der Waals surface area contributed by atoms with Crippen molar-refractivity contribution >= 4 is 45.1 Å². The van der Waals surface area contributed by atoms with Crippen molar-refractivity contribution in [2.24, 2.45) is 0 Å². The fourth-order valence-corrected chi connectivity index (χ4v) is 2.86. The van der Waals surface area contributed by atoms with E-state index in [0.29, 0.717) is 10.6 Å². The van der Waals surface area contributed by atoms with Gasteiger partial charge < -0.3 is 4.98 Å². The second-order valence-electron chi connectivity index (χ2n) is 4.19. The molecule has 0 bridgehead atoms. The highest BCUT2D eigenvalue weighted by molar-refractivity contribution is 14.1. The van der Waals surface area contributed by atoms with Gasteiger partial charge in [0.1, 0.15) is 6.07 Å². The molecule has 1 N–H and O–H groups in total. The zero-order valence-corrected chi connectivity index (χ0v) is 12.7. The first-order valence-electron chi connectivity index (χ1n) is 5.66. The number of nitrogens with one attached hydrogen (secondary N) is 1. The summed E-state index contributed by atoms with van der Waals surface area (Å²) in [6.07, 6.45) is 0. The van der Waals surface area contributed by atoms with Crippen molar-refractivity contribution in [3.05, 3.63) is 56.6 Å². The van der Waals surface area contributed by atoms with E-state index in [1.807, 2.05) is 42.5 Å². The summed E-state index contributed by atoms with van der Waals surface area (Å²) in [7, 11) is 0. The number of halogens is 2. The van der Waals surface area contributed by atoms with Gasteiger partial charge in [-0.1, -0.05) is 23.7 Å². The third-order valence-corrected chi connectivity index (χ3v) is 3.89. The summed E-state index contributed by atoms with van der Waals surface area (Å²) in [6, 6.07) is 15.9. The van der Waals surface area contributed by atoms with E-state index in [4.69, 9.17) is 11.6 Å². The maximum absolute atomic E-state index is 9.41. The van der Waals surface area contributed by atoms with Crippen molar-refractivity contribution in [3.63, 3.8) is 0 Å². The van der Waals surface area contributed by atoms with Gasteiger partial charge in [0.25, 0.3) is 0 Å². The number of fused-ring (bicyclic) bond motifs is 1. The van der Waals surface area contributed by atoms with Gasteiger partial charge in [0.15, 0.2) is 0 Å². The quantitative estimate of drug-likeness (QED) is 0.597. The zero-order valence-electron chi connectivity index (χ0n) is 9.74. The molecule has 0 unspecified atom stereocenters. The Morgan fingerprint density at radius 2 is 2.00 bits per heavy atom. The van der Waals surface area contributed by atoms with E-state index in [2.05, 4.69) is 33.6 Å². The topological polar surface area (TPSA) is 39.6 Å². The largest absolute Gasteiger partial charge is 0.353 e. The summed E-state index contributed by atoms with van der Waals surface area (Å²) in [5, 5.41) is 10.9. The molecule has 0 saturated heterocycles. The first kappa shape index (κ1) is 12.5. The van der Waals surface area contributed by atoms with E-state index in [-0.39, 0.29) is 0 Å². The molecule has 0 aliphatic rings. The van der Waals surface area contributed by atoms with Crippen LogP contribution in [0.15, 0.2) is 42.5 Å². The number of benzene rings is 2. The van der Waals surface area contributed by atoms with Crippen molar-refractivity contribution in [1.82, 2.24) is 4.98 Å². The lowest BCUT2D eigenvalue weighted by Crippen LogP contribution is -1.82. The Hall–Kier alpha value is -1.51. The first-order chi connectivity index (χ1) is 9.19. The summed E-state index contributed by atoms with van der Waals surface area (Å²) >= 11 is 8.27. The lowest BCUT2D eigenvalue weighted by molar-refractivity contribution is 1.42. The van der Waals surface area contributed by atoms with Crippen LogP contribution in [0.3, 0.4) is 0 Å². The molecule has 1 heterocycles. The Bertz CT molecular complexity index is 815. The highest BCUT2D eigenvalue weighted by atomic mass is 127. The van der Waals surface area contributed by atoms with Gasteiger partial charge in [0.05, 0.1) is 11.3 Å². The normalized spacial score (nSPS) is 10.6. The third-order valence-electron chi connectivity index (χ3n) is 2.99. The summed E-state index contributed by atoms with van der Waals surface area (Å²) in [5.41, 5.74) is 3.42. The van der Waals surface area contributed by atoms with Crippen LogP contribution in [0.1, 0.15) is 5.56 Å². The van der Waals surface area contributed by atoms with Crippen LogP contribution < -0.4 is 0 Å². The van der Waals surface area contributed by atoms with Crippen molar-refractivity contribution in [3.8, 4) is 17.3 Å². The standard InChI is InChI=1S/C15H8ClIN2/c16-10-4-5-14-12(7-10)13(8-18)15(19-14)9-2-1-3-11(17)6-9/h1-7,19H. The monoisotopic (exact) mass is 378 g/mol. The Morgan fingerprint density at radius 3 is 2.74 bits per heavy atom. The van der Waals surface area contributed by atoms with E-state index in [1.165, 1.54) is 0 Å². The second kappa shape index (κ2) is 4.87. The summed E-state index contributed by atoms with van der Waals surface area (Å²) in [5.74, 6) is 0. The molecule has 19 heavy (non-hydrogen) atoms. The zero-order chi connectivity index (χ0) is 13.4. The maximum Gasteiger partial charge on any atom is 0.102 e. The fourth-order valence-electron chi connectivity index (χ4n) is 2.14. The molecule has 0 aliphatic carbocycles. The Labute approximate surface area is 129 Å². The van der Waals surface area contributed by atoms with Gasteiger partial charge >= 0.3 is 0 Å². The van der Waals surface area contributed by atoms with Crippen LogP contribution in [-0.2, 0) is 0 Å². The number of hydrogen-bond donors (Lipinski definition) is 1. The summed E-state index contributed by atoms with van der Waals surface area (Å²) in [4.78, 5) is 3.30. The molecule has 2 aromatic carbocycles. The lowest BCUT2D eigenvalue weighted by Gasteiger charge is -1.99. The second-order valence-corrected chi connectivity index (χ2v) is 5.87. The molecule has 3 rings (SSSR count).